The molecule has 0 radical (unpaired) electrons. The molecule has 40 heavy (non-hydrogen) atoms. The van der Waals surface area contributed by atoms with Gasteiger partial charge in [-0.2, -0.15) is 0 Å². The topological polar surface area (TPSA) is 167 Å². The number of carboxylic acids is 1. The van der Waals surface area contributed by atoms with Crippen LogP contribution in [0.4, 0.5) is 0 Å². The summed E-state index contributed by atoms with van der Waals surface area (Å²) in [5, 5.41) is 10.7. The number of hydrogen-bond donors (Lipinski definition) is 2. The lowest BCUT2D eigenvalue weighted by molar-refractivity contribution is -0.138. The molecule has 0 aromatic heterocycles. The van der Waals surface area contributed by atoms with Crippen LogP contribution in [0.5, 0.6) is 0 Å². The number of hydrogen-bond acceptors (Lipinski definition) is 10. The zero-order valence-corrected chi connectivity index (χ0v) is 22.0. The molecule has 2 heterocycles. The molecule has 4 amide bonds. The maximum Gasteiger partial charge on any atom is 0.305 e. The minimum Gasteiger partial charge on any atom is -0.481 e. The Bertz CT molecular complexity index is 1140. The lowest BCUT2D eigenvalue weighted by atomic mass is 10.0. The number of piperidine rings is 1. The molecule has 2 N–H and O–H groups in total. The Morgan fingerprint density at radius 1 is 0.875 bits per heavy atom. The van der Waals surface area contributed by atoms with E-state index in [0.29, 0.717) is 58.4 Å². The number of carbonyl (C=O) groups is 5. The fourth-order valence-corrected chi connectivity index (χ4v) is 3.91. The Kier molecular flexibility index (Phi) is 12.7. The van der Waals surface area contributed by atoms with Crippen LogP contribution in [0.3, 0.4) is 0 Å². The third-order valence-corrected chi connectivity index (χ3v) is 5.81. The predicted octanol–water partition coefficient (Wildman–Crippen LogP) is -0.00300. The second-order valence-electron chi connectivity index (χ2n) is 8.62. The standard InChI is InChI=1S/C27H32N2O11/c30-22-7-6-21(25(33)28-22)29-26(34)20-5-1-3-19(24(20)27(29)35)4-2-9-36-11-13-38-15-17-40-18-16-39-14-12-37-10-8-23(31)32/h1,3,5,21H,6-18H2,(H,31,32)(H,28,30,33). The van der Waals surface area contributed by atoms with Crippen LogP contribution in [0.25, 0.3) is 0 Å². The number of carbonyl (C=O) groups excluding carboxylic acids is 4. The Balaban J connectivity index is 1.27. The van der Waals surface area contributed by atoms with Crippen molar-refractivity contribution >= 4 is 29.6 Å². The number of benzene rings is 1. The van der Waals surface area contributed by atoms with Gasteiger partial charge in [0.15, 0.2) is 0 Å². The third kappa shape index (κ3) is 9.22. The number of aliphatic carboxylic acids is 1. The summed E-state index contributed by atoms with van der Waals surface area (Å²) < 4.78 is 26.6. The lowest BCUT2D eigenvalue weighted by Gasteiger charge is -2.27. The molecule has 0 spiro atoms. The predicted molar refractivity (Wildman–Crippen MR) is 136 cm³/mol. The van der Waals surface area contributed by atoms with Crippen LogP contribution >= 0.6 is 0 Å². The van der Waals surface area contributed by atoms with Crippen LogP contribution in [0.15, 0.2) is 18.2 Å². The maximum absolute atomic E-state index is 13.0. The Morgan fingerprint density at radius 2 is 1.48 bits per heavy atom. The summed E-state index contributed by atoms with van der Waals surface area (Å²) in [6, 6.07) is 3.72. The quantitative estimate of drug-likeness (QED) is 0.149. The Labute approximate surface area is 231 Å². The van der Waals surface area contributed by atoms with E-state index in [1.807, 2.05) is 0 Å². The highest BCUT2D eigenvalue weighted by Crippen LogP contribution is 2.29. The summed E-state index contributed by atoms with van der Waals surface area (Å²) in [5.74, 6) is 2.50. The number of amides is 4. The molecule has 1 unspecified atom stereocenters. The number of imide groups is 2. The van der Waals surface area contributed by atoms with Crippen molar-refractivity contribution in [2.45, 2.75) is 25.3 Å². The van der Waals surface area contributed by atoms with Crippen molar-refractivity contribution in [1.29, 1.82) is 0 Å². The van der Waals surface area contributed by atoms with Crippen LogP contribution < -0.4 is 5.32 Å². The van der Waals surface area contributed by atoms with Crippen molar-refractivity contribution in [2.24, 2.45) is 0 Å². The van der Waals surface area contributed by atoms with Gasteiger partial charge in [0.2, 0.25) is 11.8 Å². The van der Waals surface area contributed by atoms with Crippen molar-refractivity contribution in [1.82, 2.24) is 10.2 Å². The van der Waals surface area contributed by atoms with Crippen LogP contribution in [-0.4, -0.2) is 112 Å². The van der Waals surface area contributed by atoms with Crippen LogP contribution in [0, 0.1) is 11.8 Å². The number of carboxylic acid groups (broad SMARTS) is 1. The molecule has 1 aromatic rings. The van der Waals surface area contributed by atoms with Gasteiger partial charge in [-0.15, -0.1) is 0 Å². The van der Waals surface area contributed by atoms with Gasteiger partial charge in [-0.3, -0.25) is 34.2 Å². The van der Waals surface area contributed by atoms with E-state index in [4.69, 9.17) is 28.8 Å². The summed E-state index contributed by atoms with van der Waals surface area (Å²) in [6.07, 6.45) is 0.106. The van der Waals surface area contributed by atoms with Crippen LogP contribution in [0.2, 0.25) is 0 Å². The lowest BCUT2D eigenvalue weighted by Crippen LogP contribution is -2.54. The van der Waals surface area contributed by atoms with Crippen LogP contribution in [-0.2, 0) is 38.1 Å². The van der Waals surface area contributed by atoms with Crippen LogP contribution in [0.1, 0.15) is 45.5 Å². The normalized spacial score (nSPS) is 16.5. The molecule has 13 nitrogen and oxygen atoms in total. The van der Waals surface area contributed by atoms with Gasteiger partial charge in [0, 0.05) is 12.0 Å². The highest BCUT2D eigenvalue weighted by atomic mass is 16.6. The van der Waals surface area contributed by atoms with Gasteiger partial charge in [-0.05, 0) is 18.6 Å². The number of fused-ring (bicyclic) bond motifs is 1. The summed E-state index contributed by atoms with van der Waals surface area (Å²) in [6.45, 7) is 3.13. The first-order valence-electron chi connectivity index (χ1n) is 12.8. The number of ether oxygens (including phenoxy) is 5. The average Bonchev–Trinajstić information content (AvgIpc) is 3.18. The molecular formula is C27H32N2O11. The van der Waals surface area contributed by atoms with Gasteiger partial charge in [-0.25, -0.2) is 0 Å². The minimum absolute atomic E-state index is 0.0309. The van der Waals surface area contributed by atoms with E-state index in [1.54, 1.807) is 12.1 Å². The van der Waals surface area contributed by atoms with Gasteiger partial charge in [0.25, 0.3) is 11.8 Å². The first kappa shape index (κ1) is 30.9. The van der Waals surface area contributed by atoms with E-state index in [-0.39, 0.29) is 43.6 Å². The van der Waals surface area contributed by atoms with Gasteiger partial charge < -0.3 is 28.8 Å². The van der Waals surface area contributed by atoms with Crippen molar-refractivity contribution in [3.8, 4) is 11.8 Å². The molecule has 0 bridgehead atoms. The van der Waals surface area contributed by atoms with E-state index in [0.717, 1.165) is 4.90 Å². The molecule has 1 atom stereocenters. The molecule has 1 aromatic carbocycles. The van der Waals surface area contributed by atoms with Gasteiger partial charge >= 0.3 is 5.97 Å². The molecule has 216 valence electrons. The maximum atomic E-state index is 13.0. The summed E-state index contributed by atoms with van der Waals surface area (Å²) in [4.78, 5) is 60.8. The molecule has 3 rings (SSSR count). The molecular weight excluding hydrogens is 528 g/mol. The molecule has 0 aliphatic carbocycles. The van der Waals surface area contributed by atoms with E-state index in [1.165, 1.54) is 6.07 Å². The average molecular weight is 561 g/mol. The smallest absolute Gasteiger partial charge is 0.305 e. The minimum atomic E-state index is -1.03. The van der Waals surface area contributed by atoms with Gasteiger partial charge in [-0.1, -0.05) is 17.9 Å². The highest BCUT2D eigenvalue weighted by Gasteiger charge is 2.45. The first-order valence-corrected chi connectivity index (χ1v) is 12.8. The van der Waals surface area contributed by atoms with E-state index < -0.39 is 35.6 Å². The van der Waals surface area contributed by atoms with Crippen molar-refractivity contribution in [2.75, 3.05) is 66.1 Å². The second kappa shape index (κ2) is 16.4. The molecule has 2 aliphatic rings. The summed E-state index contributed by atoms with van der Waals surface area (Å²) in [5.41, 5.74) is 0.673. The van der Waals surface area contributed by atoms with Gasteiger partial charge in [0.1, 0.15) is 12.6 Å². The SMILES string of the molecule is O=C(O)CCOCCOCCOCCOCCOCC#Cc1cccc2c1C(=O)N(C1CCC(=O)NC1=O)C2=O. The van der Waals surface area contributed by atoms with Gasteiger partial charge in [0.05, 0.1) is 77.0 Å². The molecule has 0 saturated carbocycles. The summed E-state index contributed by atoms with van der Waals surface area (Å²) >= 11 is 0. The van der Waals surface area contributed by atoms with Crippen molar-refractivity contribution in [3.05, 3.63) is 34.9 Å². The zero-order valence-electron chi connectivity index (χ0n) is 22.0. The molecule has 1 saturated heterocycles. The van der Waals surface area contributed by atoms with E-state index in [2.05, 4.69) is 17.2 Å². The Hall–Kier alpha value is -3.67. The zero-order chi connectivity index (χ0) is 28.7. The van der Waals surface area contributed by atoms with E-state index in [9.17, 15) is 24.0 Å². The van der Waals surface area contributed by atoms with E-state index >= 15 is 0 Å². The highest BCUT2D eigenvalue weighted by molar-refractivity contribution is 6.24. The largest absolute Gasteiger partial charge is 0.481 e. The monoisotopic (exact) mass is 560 g/mol. The van der Waals surface area contributed by atoms with Crippen molar-refractivity contribution < 1.29 is 52.8 Å². The first-order chi connectivity index (χ1) is 19.4. The number of rotatable bonds is 17. The van der Waals surface area contributed by atoms with Crippen molar-refractivity contribution in [3.63, 3.8) is 0 Å². The fraction of sp³-hybridized carbons (Fsp3) is 0.519. The fourth-order valence-electron chi connectivity index (χ4n) is 3.91. The molecule has 2 aliphatic heterocycles. The number of nitrogens with one attached hydrogen (secondary N) is 1. The number of nitrogens with zero attached hydrogens (tertiary/aromatic N) is 1. The second-order valence-corrected chi connectivity index (χ2v) is 8.62. The third-order valence-electron chi connectivity index (χ3n) is 5.81. The molecule has 1 fully saturated rings. The molecule has 13 heteroatoms. The summed E-state index contributed by atoms with van der Waals surface area (Å²) in [7, 11) is 0. The Morgan fingerprint density at radius 3 is 2.08 bits per heavy atom.